The van der Waals surface area contributed by atoms with E-state index in [1.807, 2.05) is 0 Å². The number of aliphatic hydroxyl groups excluding tert-OH is 2. The summed E-state index contributed by atoms with van der Waals surface area (Å²) in [7, 11) is 1.54. The van der Waals surface area contributed by atoms with E-state index in [1.54, 1.807) is 18.2 Å². The molecule has 0 aliphatic carbocycles. The van der Waals surface area contributed by atoms with Crippen molar-refractivity contribution in [1.82, 2.24) is 0 Å². The van der Waals surface area contributed by atoms with E-state index in [0.717, 1.165) is 5.56 Å². The Labute approximate surface area is 95.1 Å². The van der Waals surface area contributed by atoms with Crippen LogP contribution in [0.15, 0.2) is 18.2 Å². The summed E-state index contributed by atoms with van der Waals surface area (Å²) in [5, 5.41) is 27.3. The van der Waals surface area contributed by atoms with Crippen LogP contribution in [0, 0.1) is 5.92 Å². The largest absolute Gasteiger partial charge is 0.508 e. The molecule has 1 aromatic carbocycles. The molecular formula is C12H18O4. The maximum absolute atomic E-state index is 9.29. The van der Waals surface area contributed by atoms with Crippen molar-refractivity contribution in [3.63, 3.8) is 0 Å². The van der Waals surface area contributed by atoms with Gasteiger partial charge in [-0.3, -0.25) is 0 Å². The summed E-state index contributed by atoms with van der Waals surface area (Å²) in [5.41, 5.74) is 0.924. The van der Waals surface area contributed by atoms with E-state index in [0.29, 0.717) is 18.6 Å². The van der Waals surface area contributed by atoms with Crippen molar-refractivity contribution in [2.75, 3.05) is 20.3 Å². The number of phenolic OH excluding ortho intramolecular Hbond substituents is 1. The fraction of sp³-hybridized carbons (Fsp3) is 0.500. The highest BCUT2D eigenvalue weighted by Gasteiger charge is 2.12. The van der Waals surface area contributed by atoms with Crippen molar-refractivity contribution in [1.29, 1.82) is 0 Å². The monoisotopic (exact) mass is 226 g/mol. The third-order valence-electron chi connectivity index (χ3n) is 2.57. The van der Waals surface area contributed by atoms with Gasteiger partial charge in [0.2, 0.25) is 0 Å². The molecule has 0 fully saturated rings. The highest BCUT2D eigenvalue weighted by Crippen LogP contribution is 2.26. The number of ether oxygens (including phenoxy) is 1. The maximum Gasteiger partial charge on any atom is 0.125 e. The van der Waals surface area contributed by atoms with Crippen molar-refractivity contribution in [3.8, 4) is 11.5 Å². The summed E-state index contributed by atoms with van der Waals surface area (Å²) < 4.78 is 5.15. The molecule has 0 saturated heterocycles. The topological polar surface area (TPSA) is 69.9 Å². The molecule has 0 bridgehead atoms. The quantitative estimate of drug-likeness (QED) is 0.675. The number of aromatic hydroxyl groups is 1. The van der Waals surface area contributed by atoms with Gasteiger partial charge in [-0.05, 0) is 30.4 Å². The lowest BCUT2D eigenvalue weighted by Crippen LogP contribution is -2.12. The van der Waals surface area contributed by atoms with Gasteiger partial charge in [-0.25, -0.2) is 0 Å². The summed E-state index contributed by atoms with van der Waals surface area (Å²) in [6, 6.07) is 4.90. The smallest absolute Gasteiger partial charge is 0.125 e. The van der Waals surface area contributed by atoms with E-state index >= 15 is 0 Å². The predicted molar refractivity (Wildman–Crippen MR) is 60.6 cm³/mol. The minimum absolute atomic E-state index is 0.0171. The second-order valence-corrected chi connectivity index (χ2v) is 3.76. The van der Waals surface area contributed by atoms with Crippen LogP contribution in [0.25, 0.3) is 0 Å². The third-order valence-corrected chi connectivity index (χ3v) is 2.57. The first-order chi connectivity index (χ1) is 7.71. The normalized spacial score (nSPS) is 12.4. The molecule has 1 atom stereocenters. The first-order valence-electron chi connectivity index (χ1n) is 5.28. The van der Waals surface area contributed by atoms with Crippen LogP contribution in [0.5, 0.6) is 11.5 Å². The van der Waals surface area contributed by atoms with Gasteiger partial charge < -0.3 is 20.1 Å². The highest BCUT2D eigenvalue weighted by atomic mass is 16.5. The zero-order valence-electron chi connectivity index (χ0n) is 9.39. The molecule has 90 valence electrons. The van der Waals surface area contributed by atoms with Gasteiger partial charge in [0, 0.05) is 19.3 Å². The summed E-state index contributed by atoms with van der Waals surface area (Å²) in [6.07, 6.45) is 1.18. The van der Waals surface area contributed by atoms with Crippen LogP contribution in [-0.2, 0) is 6.42 Å². The van der Waals surface area contributed by atoms with Gasteiger partial charge in [-0.1, -0.05) is 6.07 Å². The highest BCUT2D eigenvalue weighted by molar-refractivity contribution is 5.40. The lowest BCUT2D eigenvalue weighted by Gasteiger charge is -2.15. The van der Waals surface area contributed by atoms with Crippen LogP contribution in [0.3, 0.4) is 0 Å². The lowest BCUT2D eigenvalue weighted by molar-refractivity contribution is 0.182. The molecule has 4 heteroatoms. The molecule has 1 rings (SSSR count). The van der Waals surface area contributed by atoms with E-state index in [2.05, 4.69) is 0 Å². The second kappa shape index (κ2) is 6.35. The second-order valence-electron chi connectivity index (χ2n) is 3.76. The Morgan fingerprint density at radius 2 is 2.06 bits per heavy atom. The number of phenols is 1. The minimum atomic E-state index is 0.0171. The number of hydrogen-bond acceptors (Lipinski definition) is 4. The maximum atomic E-state index is 9.29. The molecule has 0 aliphatic heterocycles. The van der Waals surface area contributed by atoms with Crippen LogP contribution >= 0.6 is 0 Å². The zero-order valence-corrected chi connectivity index (χ0v) is 9.39. The SMILES string of the molecule is COc1cc(O)ccc1CC(CO)CCO. The molecule has 0 heterocycles. The molecule has 0 spiro atoms. The molecule has 3 N–H and O–H groups in total. The van der Waals surface area contributed by atoms with Crippen LogP contribution < -0.4 is 4.74 Å². The Bertz CT molecular complexity index is 325. The van der Waals surface area contributed by atoms with Gasteiger partial charge in [0.1, 0.15) is 11.5 Å². The fourth-order valence-corrected chi connectivity index (χ4v) is 1.65. The average molecular weight is 226 g/mol. The van der Waals surface area contributed by atoms with Gasteiger partial charge in [-0.15, -0.1) is 0 Å². The van der Waals surface area contributed by atoms with Crippen molar-refractivity contribution >= 4 is 0 Å². The first kappa shape index (κ1) is 12.8. The Kier molecular flexibility index (Phi) is 5.08. The zero-order chi connectivity index (χ0) is 12.0. The first-order valence-corrected chi connectivity index (χ1v) is 5.28. The van der Waals surface area contributed by atoms with E-state index in [-0.39, 0.29) is 24.9 Å². The Morgan fingerprint density at radius 1 is 1.31 bits per heavy atom. The van der Waals surface area contributed by atoms with Crippen LogP contribution in [0.1, 0.15) is 12.0 Å². The van der Waals surface area contributed by atoms with Gasteiger partial charge in [-0.2, -0.15) is 0 Å². The molecule has 0 saturated carbocycles. The van der Waals surface area contributed by atoms with Gasteiger partial charge in [0.05, 0.1) is 7.11 Å². The van der Waals surface area contributed by atoms with Crippen LogP contribution in [0.2, 0.25) is 0 Å². The summed E-state index contributed by atoms with van der Waals surface area (Å²) in [6.45, 7) is 0.0935. The Balaban J connectivity index is 2.78. The summed E-state index contributed by atoms with van der Waals surface area (Å²) >= 11 is 0. The van der Waals surface area contributed by atoms with Gasteiger partial charge in [0.15, 0.2) is 0 Å². The average Bonchev–Trinajstić information content (AvgIpc) is 2.30. The molecule has 16 heavy (non-hydrogen) atoms. The van der Waals surface area contributed by atoms with Crippen molar-refractivity contribution < 1.29 is 20.1 Å². The van der Waals surface area contributed by atoms with Crippen LogP contribution in [-0.4, -0.2) is 35.6 Å². The Hall–Kier alpha value is -1.26. The molecule has 0 aliphatic rings. The third kappa shape index (κ3) is 3.40. The van der Waals surface area contributed by atoms with E-state index < -0.39 is 0 Å². The van der Waals surface area contributed by atoms with E-state index in [1.165, 1.54) is 7.11 Å². The van der Waals surface area contributed by atoms with Crippen molar-refractivity contribution in [3.05, 3.63) is 23.8 Å². The summed E-state index contributed by atoms with van der Waals surface area (Å²) in [4.78, 5) is 0. The lowest BCUT2D eigenvalue weighted by atomic mass is 9.96. The summed E-state index contributed by atoms with van der Waals surface area (Å²) in [5.74, 6) is 0.781. The standard InChI is InChI=1S/C12H18O4/c1-16-12-7-11(15)3-2-10(12)6-9(8-14)4-5-13/h2-3,7,9,13-15H,4-6,8H2,1H3. The molecule has 4 nitrogen and oxygen atoms in total. The molecular weight excluding hydrogens is 208 g/mol. The van der Waals surface area contributed by atoms with Crippen molar-refractivity contribution in [2.24, 2.45) is 5.92 Å². The molecule has 1 unspecified atom stereocenters. The van der Waals surface area contributed by atoms with Gasteiger partial charge in [0.25, 0.3) is 0 Å². The number of hydrogen-bond donors (Lipinski definition) is 3. The molecule has 0 radical (unpaired) electrons. The molecule has 1 aromatic rings. The van der Waals surface area contributed by atoms with E-state index in [4.69, 9.17) is 14.9 Å². The fourth-order valence-electron chi connectivity index (χ4n) is 1.65. The Morgan fingerprint density at radius 3 is 2.62 bits per heavy atom. The van der Waals surface area contributed by atoms with Gasteiger partial charge >= 0.3 is 0 Å². The number of aliphatic hydroxyl groups is 2. The molecule has 0 aromatic heterocycles. The number of benzene rings is 1. The van der Waals surface area contributed by atoms with Crippen LogP contribution in [0.4, 0.5) is 0 Å². The molecule has 0 amide bonds. The predicted octanol–water partition coefficient (Wildman–Crippen LogP) is 0.934. The number of rotatable bonds is 6. The van der Waals surface area contributed by atoms with Crippen molar-refractivity contribution in [2.45, 2.75) is 12.8 Å². The minimum Gasteiger partial charge on any atom is -0.508 e. The van der Waals surface area contributed by atoms with E-state index in [9.17, 15) is 5.11 Å². The number of methoxy groups -OCH3 is 1.